The lowest BCUT2D eigenvalue weighted by Gasteiger charge is -2.28. The van der Waals surface area contributed by atoms with Gasteiger partial charge in [0.25, 0.3) is 5.91 Å². The summed E-state index contributed by atoms with van der Waals surface area (Å²) in [6.07, 6.45) is 4.21. The van der Waals surface area contributed by atoms with Crippen LogP contribution in [0.15, 0.2) is 58.4 Å². The van der Waals surface area contributed by atoms with E-state index in [9.17, 15) is 4.79 Å². The Morgan fingerprint density at radius 2 is 1.92 bits per heavy atom. The fourth-order valence-corrected chi connectivity index (χ4v) is 4.31. The van der Waals surface area contributed by atoms with Crippen molar-refractivity contribution >= 4 is 17.2 Å². The van der Waals surface area contributed by atoms with Crippen LogP contribution >= 0.6 is 11.3 Å². The number of nitrogens with one attached hydrogen (secondary N) is 1. The van der Waals surface area contributed by atoms with Crippen molar-refractivity contribution in [3.8, 4) is 11.3 Å². The molecule has 0 atom stereocenters. The molecule has 1 amide bonds. The predicted octanol–water partition coefficient (Wildman–Crippen LogP) is 4.60. The third-order valence-corrected chi connectivity index (χ3v) is 5.68. The molecule has 5 heteroatoms. The first-order valence-corrected chi connectivity index (χ1v) is 9.03. The van der Waals surface area contributed by atoms with Crippen LogP contribution in [0.4, 0.5) is 0 Å². The van der Waals surface area contributed by atoms with Gasteiger partial charge in [-0.25, -0.2) is 0 Å². The zero-order valence-electron chi connectivity index (χ0n) is 13.2. The monoisotopic (exact) mass is 338 g/mol. The van der Waals surface area contributed by atoms with Crippen LogP contribution in [-0.4, -0.2) is 11.1 Å². The average molecular weight is 338 g/mol. The molecule has 4 nitrogen and oxygen atoms in total. The molecule has 0 aliphatic heterocycles. The van der Waals surface area contributed by atoms with Crippen LogP contribution in [0, 0.1) is 0 Å². The van der Waals surface area contributed by atoms with E-state index in [0.29, 0.717) is 11.5 Å². The minimum atomic E-state index is -0.253. The number of hydrogen-bond donors (Lipinski definition) is 1. The maximum absolute atomic E-state index is 12.7. The summed E-state index contributed by atoms with van der Waals surface area (Å²) in [7, 11) is 0. The minimum Gasteiger partial charge on any atom is -0.355 e. The van der Waals surface area contributed by atoms with Gasteiger partial charge in [0.1, 0.15) is 0 Å². The first kappa shape index (κ1) is 15.1. The van der Waals surface area contributed by atoms with Gasteiger partial charge in [0.2, 0.25) is 0 Å². The van der Waals surface area contributed by atoms with Crippen LogP contribution in [0.1, 0.15) is 41.0 Å². The van der Waals surface area contributed by atoms with Crippen LogP contribution < -0.4 is 5.32 Å². The molecule has 2 aromatic heterocycles. The van der Waals surface area contributed by atoms with Crippen LogP contribution in [0.2, 0.25) is 0 Å². The summed E-state index contributed by atoms with van der Waals surface area (Å²) < 4.78 is 5.35. The Kier molecular flexibility index (Phi) is 3.94. The topological polar surface area (TPSA) is 55.1 Å². The average Bonchev–Trinajstić information content (AvgIpc) is 3.36. The number of carbonyl (C=O) groups excluding carboxylic acids is 1. The number of amides is 1. The van der Waals surface area contributed by atoms with E-state index < -0.39 is 0 Å². The maximum atomic E-state index is 12.7. The van der Waals surface area contributed by atoms with Gasteiger partial charge in [-0.05, 0) is 24.3 Å². The van der Waals surface area contributed by atoms with Crippen molar-refractivity contribution in [2.24, 2.45) is 0 Å². The molecule has 1 aromatic carbocycles. The third-order valence-electron chi connectivity index (χ3n) is 4.60. The van der Waals surface area contributed by atoms with E-state index in [4.69, 9.17) is 4.52 Å². The highest BCUT2D eigenvalue weighted by molar-refractivity contribution is 7.10. The molecule has 1 aliphatic carbocycles. The van der Waals surface area contributed by atoms with Crippen molar-refractivity contribution < 1.29 is 9.32 Å². The highest BCUT2D eigenvalue weighted by atomic mass is 32.1. The van der Waals surface area contributed by atoms with Gasteiger partial charge in [0, 0.05) is 16.5 Å². The number of benzene rings is 1. The zero-order valence-corrected chi connectivity index (χ0v) is 14.0. The molecular formula is C19H18N2O2S. The molecule has 1 fully saturated rings. The van der Waals surface area contributed by atoms with E-state index >= 15 is 0 Å². The number of hydrogen-bond acceptors (Lipinski definition) is 4. The molecule has 1 aliphatic rings. The second-order valence-electron chi connectivity index (χ2n) is 6.16. The van der Waals surface area contributed by atoms with Crippen molar-refractivity contribution in [3.05, 3.63) is 64.5 Å². The van der Waals surface area contributed by atoms with Crippen LogP contribution in [0.5, 0.6) is 0 Å². The number of rotatable bonds is 4. The molecule has 1 N–H and O–H groups in total. The summed E-state index contributed by atoms with van der Waals surface area (Å²) in [4.78, 5) is 13.9. The SMILES string of the molecule is O=C(NC1(c2cccs2)CCCC1)c1cc(-c2ccccc2)on1. The molecule has 3 aromatic rings. The smallest absolute Gasteiger partial charge is 0.274 e. The van der Waals surface area contributed by atoms with E-state index in [2.05, 4.69) is 21.9 Å². The van der Waals surface area contributed by atoms with Crippen molar-refractivity contribution in [3.63, 3.8) is 0 Å². The number of carbonyl (C=O) groups is 1. The van der Waals surface area contributed by atoms with Crippen molar-refractivity contribution in [1.82, 2.24) is 10.5 Å². The lowest BCUT2D eigenvalue weighted by Crippen LogP contribution is -2.43. The zero-order chi connectivity index (χ0) is 16.4. The molecular weight excluding hydrogens is 320 g/mol. The molecule has 2 heterocycles. The van der Waals surface area contributed by atoms with Crippen LogP contribution in [0.3, 0.4) is 0 Å². The largest absolute Gasteiger partial charge is 0.355 e. The number of thiophene rings is 1. The fraction of sp³-hybridized carbons (Fsp3) is 0.263. The normalized spacial score (nSPS) is 16.2. The molecule has 1 saturated carbocycles. The first-order chi connectivity index (χ1) is 11.8. The Bertz CT molecular complexity index is 818. The fourth-order valence-electron chi connectivity index (χ4n) is 3.36. The first-order valence-electron chi connectivity index (χ1n) is 8.15. The van der Waals surface area contributed by atoms with Crippen molar-refractivity contribution in [2.75, 3.05) is 0 Å². The summed E-state index contributed by atoms with van der Waals surface area (Å²) in [5, 5.41) is 9.25. The molecule has 0 saturated heterocycles. The molecule has 0 spiro atoms. The van der Waals surface area contributed by atoms with Gasteiger partial charge in [-0.2, -0.15) is 0 Å². The molecule has 122 valence electrons. The van der Waals surface area contributed by atoms with E-state index in [1.165, 1.54) is 4.88 Å². The summed E-state index contributed by atoms with van der Waals surface area (Å²) in [6, 6.07) is 15.5. The van der Waals surface area contributed by atoms with Crippen LogP contribution in [0.25, 0.3) is 11.3 Å². The van der Waals surface area contributed by atoms with Gasteiger partial charge >= 0.3 is 0 Å². The Hall–Kier alpha value is -2.40. The quantitative estimate of drug-likeness (QED) is 0.756. The van der Waals surface area contributed by atoms with E-state index in [-0.39, 0.29) is 11.4 Å². The number of aromatic nitrogens is 1. The Morgan fingerprint density at radius 1 is 1.12 bits per heavy atom. The molecule has 24 heavy (non-hydrogen) atoms. The summed E-state index contributed by atoms with van der Waals surface area (Å²) in [5.74, 6) is 0.438. The van der Waals surface area contributed by atoms with Crippen molar-refractivity contribution in [1.29, 1.82) is 0 Å². The Balaban J connectivity index is 1.57. The standard InChI is InChI=1S/C19H18N2O2S/c22-18(15-13-16(23-21-15)14-7-2-1-3-8-14)20-19(10-4-5-11-19)17-9-6-12-24-17/h1-3,6-9,12-13H,4-5,10-11H2,(H,20,22). The Labute approximate surface area is 144 Å². The van der Waals surface area contributed by atoms with Gasteiger partial charge in [-0.1, -0.05) is 54.4 Å². The molecule has 4 rings (SSSR count). The summed E-state index contributed by atoms with van der Waals surface area (Å²) in [6.45, 7) is 0. The number of nitrogens with zero attached hydrogens (tertiary/aromatic N) is 1. The molecule has 0 radical (unpaired) electrons. The van der Waals surface area contributed by atoms with Gasteiger partial charge in [-0.15, -0.1) is 11.3 Å². The van der Waals surface area contributed by atoms with Gasteiger partial charge in [0.15, 0.2) is 11.5 Å². The lowest BCUT2D eigenvalue weighted by atomic mass is 9.95. The molecule has 0 bridgehead atoms. The minimum absolute atomic E-state index is 0.170. The predicted molar refractivity (Wildman–Crippen MR) is 93.9 cm³/mol. The van der Waals surface area contributed by atoms with E-state index in [1.54, 1.807) is 17.4 Å². The summed E-state index contributed by atoms with van der Waals surface area (Å²) >= 11 is 1.70. The second kappa shape index (κ2) is 6.24. The highest BCUT2D eigenvalue weighted by Gasteiger charge is 2.38. The third kappa shape index (κ3) is 2.76. The van der Waals surface area contributed by atoms with Gasteiger partial charge < -0.3 is 9.84 Å². The summed E-state index contributed by atoms with van der Waals surface area (Å²) in [5.41, 5.74) is 0.992. The second-order valence-corrected chi connectivity index (χ2v) is 7.11. The highest BCUT2D eigenvalue weighted by Crippen LogP contribution is 2.41. The van der Waals surface area contributed by atoms with Gasteiger partial charge in [0.05, 0.1) is 5.54 Å². The lowest BCUT2D eigenvalue weighted by molar-refractivity contribution is 0.0890. The maximum Gasteiger partial charge on any atom is 0.274 e. The van der Waals surface area contributed by atoms with Crippen LogP contribution in [-0.2, 0) is 5.54 Å². The van der Waals surface area contributed by atoms with E-state index in [0.717, 1.165) is 31.2 Å². The van der Waals surface area contributed by atoms with Gasteiger partial charge in [-0.3, -0.25) is 4.79 Å². The Morgan fingerprint density at radius 3 is 2.62 bits per heavy atom. The van der Waals surface area contributed by atoms with Crippen molar-refractivity contribution in [2.45, 2.75) is 31.2 Å². The molecule has 0 unspecified atom stereocenters. The van der Waals surface area contributed by atoms with E-state index in [1.807, 2.05) is 36.4 Å².